The molecule has 6 heteroatoms. The van der Waals surface area contributed by atoms with Gasteiger partial charge in [0.1, 0.15) is 4.90 Å². The van der Waals surface area contributed by atoms with Gasteiger partial charge in [0, 0.05) is 16.7 Å². The summed E-state index contributed by atoms with van der Waals surface area (Å²) in [7, 11) is -3.64. The van der Waals surface area contributed by atoms with Gasteiger partial charge in [0.2, 0.25) is 10.0 Å². The van der Waals surface area contributed by atoms with Gasteiger partial charge >= 0.3 is 0 Å². The molecule has 0 bridgehead atoms. The summed E-state index contributed by atoms with van der Waals surface area (Å²) in [6, 6.07) is 5.37. The molecule has 88 valence electrons. The van der Waals surface area contributed by atoms with Gasteiger partial charge < -0.3 is 4.90 Å². The number of anilines is 1. The van der Waals surface area contributed by atoms with Crippen LogP contribution in [0.15, 0.2) is 23.1 Å². The molecule has 2 rings (SSSR count). The van der Waals surface area contributed by atoms with E-state index in [1.165, 1.54) is 0 Å². The molecule has 1 heterocycles. The zero-order valence-corrected chi connectivity index (χ0v) is 11.7. The molecule has 0 atom stereocenters. The SMILES string of the molecule is NS(=O)(=O)c1cc(I)ccc1N1CCCC1. The fourth-order valence-corrected chi connectivity index (χ4v) is 3.42. The number of primary sulfonamides is 1. The number of benzene rings is 1. The Hall–Kier alpha value is -0.340. The third-order valence-electron chi connectivity index (χ3n) is 2.68. The van der Waals surface area contributed by atoms with E-state index in [4.69, 9.17) is 5.14 Å². The summed E-state index contributed by atoms with van der Waals surface area (Å²) in [6.45, 7) is 1.81. The minimum absolute atomic E-state index is 0.237. The van der Waals surface area contributed by atoms with E-state index in [1.807, 2.05) is 12.1 Å². The molecule has 1 aliphatic rings. The molecule has 4 nitrogen and oxygen atoms in total. The highest BCUT2D eigenvalue weighted by molar-refractivity contribution is 14.1. The molecular formula is C10H13IN2O2S. The Morgan fingerprint density at radius 3 is 2.44 bits per heavy atom. The maximum absolute atomic E-state index is 11.5. The first-order chi connectivity index (χ1) is 7.48. The summed E-state index contributed by atoms with van der Waals surface area (Å²) < 4.78 is 23.9. The van der Waals surface area contributed by atoms with Gasteiger partial charge in [-0.2, -0.15) is 0 Å². The van der Waals surface area contributed by atoms with E-state index >= 15 is 0 Å². The van der Waals surface area contributed by atoms with Crippen molar-refractivity contribution in [3.63, 3.8) is 0 Å². The average molecular weight is 352 g/mol. The van der Waals surface area contributed by atoms with Crippen molar-refractivity contribution in [2.45, 2.75) is 17.7 Å². The quantitative estimate of drug-likeness (QED) is 0.822. The number of sulfonamides is 1. The predicted molar refractivity (Wildman–Crippen MR) is 72.0 cm³/mol. The molecule has 1 fully saturated rings. The van der Waals surface area contributed by atoms with Crippen LogP contribution in [0.2, 0.25) is 0 Å². The molecule has 1 aliphatic heterocycles. The lowest BCUT2D eigenvalue weighted by molar-refractivity contribution is 0.597. The lowest BCUT2D eigenvalue weighted by Crippen LogP contribution is -2.23. The van der Waals surface area contributed by atoms with E-state index in [9.17, 15) is 8.42 Å². The number of rotatable bonds is 2. The third-order valence-corrected chi connectivity index (χ3v) is 4.29. The van der Waals surface area contributed by atoms with Crippen molar-refractivity contribution < 1.29 is 8.42 Å². The molecule has 0 spiro atoms. The molecule has 1 saturated heterocycles. The maximum atomic E-state index is 11.5. The van der Waals surface area contributed by atoms with Crippen molar-refractivity contribution in [1.82, 2.24) is 0 Å². The zero-order valence-electron chi connectivity index (χ0n) is 8.69. The minimum Gasteiger partial charge on any atom is -0.370 e. The molecule has 1 aromatic rings. The molecule has 0 saturated carbocycles. The minimum atomic E-state index is -3.64. The van der Waals surface area contributed by atoms with Gasteiger partial charge in [-0.1, -0.05) is 0 Å². The predicted octanol–water partition coefficient (Wildman–Crippen LogP) is 1.54. The smallest absolute Gasteiger partial charge is 0.240 e. The van der Waals surface area contributed by atoms with Gasteiger partial charge in [-0.15, -0.1) is 0 Å². The van der Waals surface area contributed by atoms with Crippen LogP contribution < -0.4 is 10.0 Å². The van der Waals surface area contributed by atoms with Crippen molar-refractivity contribution >= 4 is 38.3 Å². The summed E-state index contributed by atoms with van der Waals surface area (Å²) >= 11 is 2.09. The van der Waals surface area contributed by atoms with Crippen molar-refractivity contribution in [3.05, 3.63) is 21.8 Å². The van der Waals surface area contributed by atoms with E-state index in [2.05, 4.69) is 27.5 Å². The Morgan fingerprint density at radius 2 is 1.88 bits per heavy atom. The first-order valence-electron chi connectivity index (χ1n) is 5.06. The molecule has 0 amide bonds. The van der Waals surface area contributed by atoms with Crippen LogP contribution in [0.5, 0.6) is 0 Å². The van der Waals surface area contributed by atoms with E-state index < -0.39 is 10.0 Å². The summed E-state index contributed by atoms with van der Waals surface area (Å²) in [5, 5.41) is 5.24. The highest BCUT2D eigenvalue weighted by Crippen LogP contribution is 2.28. The summed E-state index contributed by atoms with van der Waals surface area (Å²) in [6.07, 6.45) is 2.21. The first-order valence-corrected chi connectivity index (χ1v) is 7.68. The molecular weight excluding hydrogens is 339 g/mol. The topological polar surface area (TPSA) is 63.4 Å². The van der Waals surface area contributed by atoms with E-state index in [0.717, 1.165) is 35.2 Å². The Balaban J connectivity index is 2.52. The fraction of sp³-hybridized carbons (Fsp3) is 0.400. The summed E-state index contributed by atoms with van der Waals surface area (Å²) in [5.74, 6) is 0. The standard InChI is InChI=1S/C10H13IN2O2S/c11-8-3-4-9(13-5-1-2-6-13)10(7-8)16(12,14)15/h3-4,7H,1-2,5-6H2,(H2,12,14,15). The molecule has 16 heavy (non-hydrogen) atoms. The van der Waals surface area contributed by atoms with Gasteiger partial charge in [0.25, 0.3) is 0 Å². The van der Waals surface area contributed by atoms with E-state index in [-0.39, 0.29) is 4.90 Å². The molecule has 0 aliphatic carbocycles. The molecule has 0 radical (unpaired) electrons. The second-order valence-electron chi connectivity index (χ2n) is 3.85. The largest absolute Gasteiger partial charge is 0.370 e. The van der Waals surface area contributed by atoms with Gasteiger partial charge in [-0.3, -0.25) is 0 Å². The Morgan fingerprint density at radius 1 is 1.25 bits per heavy atom. The second-order valence-corrected chi connectivity index (χ2v) is 6.63. The summed E-state index contributed by atoms with van der Waals surface area (Å²) in [5.41, 5.74) is 0.736. The van der Waals surface area contributed by atoms with Crippen LogP contribution in [0.4, 0.5) is 5.69 Å². The average Bonchev–Trinajstić information content (AvgIpc) is 2.69. The lowest BCUT2D eigenvalue weighted by atomic mass is 10.3. The van der Waals surface area contributed by atoms with Gasteiger partial charge in [0.05, 0.1) is 5.69 Å². The normalized spacial score (nSPS) is 16.8. The van der Waals surface area contributed by atoms with Crippen molar-refractivity contribution in [2.24, 2.45) is 5.14 Å². The number of nitrogens with two attached hydrogens (primary N) is 1. The molecule has 2 N–H and O–H groups in total. The van der Waals surface area contributed by atoms with Gasteiger partial charge in [0.15, 0.2) is 0 Å². The first kappa shape index (κ1) is 12.1. The van der Waals surface area contributed by atoms with Gasteiger partial charge in [-0.25, -0.2) is 13.6 Å². The number of hydrogen-bond acceptors (Lipinski definition) is 3. The maximum Gasteiger partial charge on any atom is 0.240 e. The van der Waals surface area contributed by atoms with E-state index in [1.54, 1.807) is 6.07 Å². The molecule has 0 unspecified atom stereocenters. The van der Waals surface area contributed by atoms with Crippen LogP contribution >= 0.6 is 22.6 Å². The van der Waals surface area contributed by atoms with Crippen LogP contribution in [0, 0.1) is 3.57 Å². The highest BCUT2D eigenvalue weighted by Gasteiger charge is 2.21. The van der Waals surface area contributed by atoms with Crippen molar-refractivity contribution in [2.75, 3.05) is 18.0 Å². The molecule has 1 aromatic carbocycles. The van der Waals surface area contributed by atoms with Crippen LogP contribution in [0.25, 0.3) is 0 Å². The Bertz CT molecular complexity index is 496. The zero-order chi connectivity index (χ0) is 11.8. The Labute approximate surface area is 109 Å². The fourth-order valence-electron chi connectivity index (χ4n) is 1.94. The van der Waals surface area contributed by atoms with Crippen LogP contribution in [0.1, 0.15) is 12.8 Å². The summed E-state index contributed by atoms with van der Waals surface area (Å²) in [4.78, 5) is 2.32. The van der Waals surface area contributed by atoms with Gasteiger partial charge in [-0.05, 0) is 53.6 Å². The van der Waals surface area contributed by atoms with Crippen LogP contribution in [-0.2, 0) is 10.0 Å². The van der Waals surface area contributed by atoms with Crippen molar-refractivity contribution in [3.8, 4) is 0 Å². The lowest BCUT2D eigenvalue weighted by Gasteiger charge is -2.20. The number of nitrogens with zero attached hydrogens (tertiary/aromatic N) is 1. The number of halogens is 1. The second kappa shape index (κ2) is 4.50. The number of hydrogen-bond donors (Lipinski definition) is 1. The van der Waals surface area contributed by atoms with Crippen LogP contribution in [0.3, 0.4) is 0 Å². The Kier molecular flexibility index (Phi) is 3.41. The molecule has 0 aromatic heterocycles. The van der Waals surface area contributed by atoms with Crippen molar-refractivity contribution in [1.29, 1.82) is 0 Å². The highest BCUT2D eigenvalue weighted by atomic mass is 127. The van der Waals surface area contributed by atoms with E-state index in [0.29, 0.717) is 0 Å². The van der Waals surface area contributed by atoms with Crippen LogP contribution in [-0.4, -0.2) is 21.5 Å². The third kappa shape index (κ3) is 2.49. The monoisotopic (exact) mass is 352 g/mol.